The van der Waals surface area contributed by atoms with Crippen LogP contribution in [0.25, 0.3) is 0 Å². The minimum atomic E-state index is 0.193. The van der Waals surface area contributed by atoms with E-state index in [1.807, 2.05) is 6.07 Å². The van der Waals surface area contributed by atoms with Crippen molar-refractivity contribution in [2.75, 3.05) is 39.5 Å². The normalized spacial score (nSPS) is 26.1. The van der Waals surface area contributed by atoms with Gasteiger partial charge in [0.2, 0.25) is 12.7 Å². The van der Waals surface area contributed by atoms with E-state index in [0.717, 1.165) is 50.6 Å². The van der Waals surface area contributed by atoms with Crippen LogP contribution in [0.2, 0.25) is 0 Å². The summed E-state index contributed by atoms with van der Waals surface area (Å²) in [6.07, 6.45) is 4.92. The van der Waals surface area contributed by atoms with Crippen LogP contribution in [0.1, 0.15) is 38.2 Å². The number of benzene rings is 1. The number of nitrogens with one attached hydrogen (secondary N) is 1. The maximum atomic E-state index is 12.4. The molecule has 148 valence electrons. The summed E-state index contributed by atoms with van der Waals surface area (Å²) >= 11 is 0. The topological polar surface area (TPSA) is 54.0 Å². The van der Waals surface area contributed by atoms with Crippen LogP contribution in [-0.2, 0) is 11.3 Å². The van der Waals surface area contributed by atoms with Gasteiger partial charge in [0.1, 0.15) is 0 Å². The summed E-state index contributed by atoms with van der Waals surface area (Å²) in [5.41, 5.74) is 1.25. The van der Waals surface area contributed by atoms with Crippen molar-refractivity contribution in [1.82, 2.24) is 15.1 Å². The molecule has 1 amide bonds. The van der Waals surface area contributed by atoms with Crippen molar-refractivity contribution in [3.63, 3.8) is 0 Å². The Labute approximate surface area is 161 Å². The molecule has 1 saturated carbocycles. The van der Waals surface area contributed by atoms with Crippen LogP contribution in [0.3, 0.4) is 0 Å². The summed E-state index contributed by atoms with van der Waals surface area (Å²) in [6.45, 7) is 7.88. The second-order valence-electron chi connectivity index (χ2n) is 8.18. The third-order valence-corrected chi connectivity index (χ3v) is 6.13. The largest absolute Gasteiger partial charge is 0.454 e. The first-order valence-corrected chi connectivity index (χ1v) is 10.3. The Balaban J connectivity index is 1.20. The van der Waals surface area contributed by atoms with E-state index in [1.165, 1.54) is 24.8 Å². The van der Waals surface area contributed by atoms with E-state index >= 15 is 0 Å². The van der Waals surface area contributed by atoms with E-state index in [-0.39, 0.29) is 5.91 Å². The molecule has 0 radical (unpaired) electrons. The molecule has 27 heavy (non-hydrogen) atoms. The molecule has 2 heterocycles. The van der Waals surface area contributed by atoms with Gasteiger partial charge in [-0.05, 0) is 36.5 Å². The molecule has 6 nitrogen and oxygen atoms in total. The van der Waals surface area contributed by atoms with Crippen molar-refractivity contribution in [3.05, 3.63) is 23.8 Å². The molecule has 0 aromatic heterocycles. The number of amides is 1. The molecule has 1 N–H and O–H groups in total. The smallest absolute Gasteiger partial charge is 0.234 e. The second kappa shape index (κ2) is 8.48. The molecule has 0 spiro atoms. The molecule has 2 fully saturated rings. The van der Waals surface area contributed by atoms with Gasteiger partial charge >= 0.3 is 0 Å². The lowest BCUT2D eigenvalue weighted by atomic mass is 9.86. The summed E-state index contributed by atoms with van der Waals surface area (Å²) in [5, 5.41) is 3.27. The molecule has 3 aliphatic rings. The van der Waals surface area contributed by atoms with Crippen molar-refractivity contribution in [2.45, 2.75) is 45.2 Å². The average molecular weight is 373 g/mol. The number of piperazine rings is 1. The summed E-state index contributed by atoms with van der Waals surface area (Å²) in [7, 11) is 0. The molecular weight excluding hydrogens is 342 g/mol. The van der Waals surface area contributed by atoms with Crippen molar-refractivity contribution in [3.8, 4) is 11.5 Å². The Hall–Kier alpha value is -1.79. The van der Waals surface area contributed by atoms with E-state index in [0.29, 0.717) is 25.3 Å². The van der Waals surface area contributed by atoms with Gasteiger partial charge in [0.25, 0.3) is 0 Å². The molecule has 4 rings (SSSR count). The molecule has 0 bridgehead atoms. The highest BCUT2D eigenvalue weighted by molar-refractivity contribution is 5.78. The van der Waals surface area contributed by atoms with Crippen LogP contribution in [0.5, 0.6) is 11.5 Å². The van der Waals surface area contributed by atoms with Crippen LogP contribution in [-0.4, -0.2) is 61.3 Å². The summed E-state index contributed by atoms with van der Waals surface area (Å²) in [6, 6.07) is 6.55. The predicted octanol–water partition coefficient (Wildman–Crippen LogP) is 2.23. The number of hydrogen-bond acceptors (Lipinski definition) is 5. The van der Waals surface area contributed by atoms with Crippen LogP contribution in [0.15, 0.2) is 18.2 Å². The zero-order chi connectivity index (χ0) is 18.6. The number of carbonyl (C=O) groups excluding carboxylic acids is 1. The quantitative estimate of drug-likeness (QED) is 0.858. The molecule has 1 aromatic carbocycles. The van der Waals surface area contributed by atoms with E-state index < -0.39 is 0 Å². The van der Waals surface area contributed by atoms with Gasteiger partial charge in [0.05, 0.1) is 6.54 Å². The number of rotatable bonds is 5. The van der Waals surface area contributed by atoms with Crippen LogP contribution in [0.4, 0.5) is 0 Å². The minimum Gasteiger partial charge on any atom is -0.454 e. The van der Waals surface area contributed by atoms with Gasteiger partial charge in [-0.1, -0.05) is 25.8 Å². The monoisotopic (exact) mass is 373 g/mol. The molecule has 1 saturated heterocycles. The number of ether oxygens (including phenoxy) is 2. The molecule has 2 aliphatic heterocycles. The van der Waals surface area contributed by atoms with Gasteiger partial charge in [-0.3, -0.25) is 14.6 Å². The van der Waals surface area contributed by atoms with Crippen molar-refractivity contribution in [1.29, 1.82) is 0 Å². The fraction of sp³-hybridized carbons (Fsp3) is 0.667. The zero-order valence-corrected chi connectivity index (χ0v) is 16.3. The van der Waals surface area contributed by atoms with Gasteiger partial charge in [-0.15, -0.1) is 0 Å². The van der Waals surface area contributed by atoms with Gasteiger partial charge in [0.15, 0.2) is 11.5 Å². The average Bonchev–Trinajstić information content (AvgIpc) is 3.13. The first-order chi connectivity index (χ1) is 13.2. The van der Waals surface area contributed by atoms with E-state index in [9.17, 15) is 4.79 Å². The Kier molecular flexibility index (Phi) is 5.83. The molecule has 2 atom stereocenters. The Morgan fingerprint density at radius 3 is 2.63 bits per heavy atom. The van der Waals surface area contributed by atoms with Gasteiger partial charge in [-0.2, -0.15) is 0 Å². The van der Waals surface area contributed by atoms with Crippen LogP contribution in [0, 0.1) is 5.92 Å². The standard InChI is InChI=1S/C21H31N3O3/c1-16-4-2-3-5-18(16)22-21(25)14-24-10-8-23(9-11-24)13-17-6-7-19-20(12-17)27-15-26-19/h6-7,12,16,18H,2-5,8-11,13-15H2,1H3,(H,22,25)/t16-,18+/m0/s1. The molecule has 0 unspecified atom stereocenters. The van der Waals surface area contributed by atoms with Crippen LogP contribution >= 0.6 is 0 Å². The SMILES string of the molecule is C[C@H]1CCCC[C@H]1NC(=O)CN1CCN(Cc2ccc3c(c2)OCO3)CC1. The first-order valence-electron chi connectivity index (χ1n) is 10.3. The van der Waals surface area contributed by atoms with Gasteiger partial charge in [-0.25, -0.2) is 0 Å². The summed E-state index contributed by atoms with van der Waals surface area (Å²) in [5.74, 6) is 2.49. The lowest BCUT2D eigenvalue weighted by Crippen LogP contribution is -2.51. The highest BCUT2D eigenvalue weighted by atomic mass is 16.7. The van der Waals surface area contributed by atoms with E-state index in [1.54, 1.807) is 0 Å². The van der Waals surface area contributed by atoms with E-state index in [2.05, 4.69) is 34.2 Å². The number of carbonyl (C=O) groups is 1. The third-order valence-electron chi connectivity index (χ3n) is 6.13. The summed E-state index contributed by atoms with van der Waals surface area (Å²) in [4.78, 5) is 17.1. The highest BCUT2D eigenvalue weighted by Gasteiger charge is 2.25. The summed E-state index contributed by atoms with van der Waals surface area (Å²) < 4.78 is 10.8. The number of nitrogens with zero attached hydrogens (tertiary/aromatic N) is 2. The lowest BCUT2D eigenvalue weighted by Gasteiger charge is -2.35. The maximum Gasteiger partial charge on any atom is 0.234 e. The third kappa shape index (κ3) is 4.74. The van der Waals surface area contributed by atoms with Crippen molar-refractivity contribution >= 4 is 5.91 Å². The minimum absolute atomic E-state index is 0.193. The van der Waals surface area contributed by atoms with Crippen molar-refractivity contribution < 1.29 is 14.3 Å². The number of fused-ring (bicyclic) bond motifs is 1. The second-order valence-corrected chi connectivity index (χ2v) is 8.18. The van der Waals surface area contributed by atoms with Gasteiger partial charge in [0, 0.05) is 38.8 Å². The molecule has 6 heteroatoms. The predicted molar refractivity (Wildman–Crippen MR) is 104 cm³/mol. The number of hydrogen-bond donors (Lipinski definition) is 1. The van der Waals surface area contributed by atoms with Crippen molar-refractivity contribution in [2.24, 2.45) is 5.92 Å². The Bertz CT molecular complexity index is 658. The fourth-order valence-corrected chi connectivity index (χ4v) is 4.39. The molecule has 1 aromatic rings. The maximum absolute atomic E-state index is 12.4. The van der Waals surface area contributed by atoms with E-state index in [4.69, 9.17) is 9.47 Å². The zero-order valence-electron chi connectivity index (χ0n) is 16.3. The van der Waals surface area contributed by atoms with Gasteiger partial charge < -0.3 is 14.8 Å². The molecule has 1 aliphatic carbocycles. The lowest BCUT2D eigenvalue weighted by molar-refractivity contribution is -0.124. The molecular formula is C21H31N3O3. The highest BCUT2D eigenvalue weighted by Crippen LogP contribution is 2.32. The van der Waals surface area contributed by atoms with Crippen LogP contribution < -0.4 is 14.8 Å². The fourth-order valence-electron chi connectivity index (χ4n) is 4.39. The Morgan fingerprint density at radius 2 is 1.81 bits per heavy atom. The Morgan fingerprint density at radius 1 is 1.07 bits per heavy atom. The first kappa shape index (κ1) is 18.6.